The highest BCUT2D eigenvalue weighted by molar-refractivity contribution is 7.98. The molecule has 0 aliphatic rings. The summed E-state index contributed by atoms with van der Waals surface area (Å²) in [6, 6.07) is 5.14. The van der Waals surface area contributed by atoms with Gasteiger partial charge < -0.3 is 5.73 Å². The zero-order valence-electron chi connectivity index (χ0n) is 11.0. The minimum atomic E-state index is -3.48. The molecule has 102 valence electrons. The minimum Gasteiger partial charge on any atom is -0.398 e. The summed E-state index contributed by atoms with van der Waals surface area (Å²) in [5.74, 6) is 0.948. The van der Waals surface area contributed by atoms with Gasteiger partial charge in [-0.15, -0.1) is 0 Å². The Morgan fingerprint density at radius 3 is 2.61 bits per heavy atom. The maximum Gasteiger partial charge on any atom is 0.245 e. The number of hydrogen-bond acceptors (Lipinski definition) is 4. The predicted octanol–water partition coefficient (Wildman–Crippen LogP) is 1.95. The van der Waals surface area contributed by atoms with Crippen LogP contribution in [0.4, 0.5) is 5.69 Å². The summed E-state index contributed by atoms with van der Waals surface area (Å²) in [6.07, 6.45) is 2.84. The molecular weight excluding hydrogens is 268 g/mol. The quantitative estimate of drug-likeness (QED) is 0.642. The first-order valence-electron chi connectivity index (χ1n) is 5.71. The van der Waals surface area contributed by atoms with Crippen LogP contribution in [0, 0.1) is 6.92 Å². The lowest BCUT2D eigenvalue weighted by molar-refractivity contribution is 0.469. The third-order valence-electron chi connectivity index (χ3n) is 2.73. The highest BCUT2D eigenvalue weighted by Crippen LogP contribution is 2.25. The van der Waals surface area contributed by atoms with Crippen LogP contribution in [-0.4, -0.2) is 38.3 Å². The van der Waals surface area contributed by atoms with E-state index in [4.69, 9.17) is 5.73 Å². The number of thioether (sulfide) groups is 1. The number of anilines is 1. The molecule has 0 amide bonds. The fourth-order valence-electron chi connectivity index (χ4n) is 1.74. The van der Waals surface area contributed by atoms with E-state index in [0.717, 1.165) is 12.2 Å². The van der Waals surface area contributed by atoms with Gasteiger partial charge in [-0.05, 0) is 37.0 Å². The number of sulfonamides is 1. The van der Waals surface area contributed by atoms with E-state index in [9.17, 15) is 8.42 Å². The Morgan fingerprint density at radius 2 is 2.06 bits per heavy atom. The number of benzene rings is 1. The first-order valence-corrected chi connectivity index (χ1v) is 8.55. The Kier molecular flexibility index (Phi) is 5.49. The van der Waals surface area contributed by atoms with Crippen molar-refractivity contribution in [2.24, 2.45) is 0 Å². The molecule has 0 unspecified atom stereocenters. The molecule has 0 saturated carbocycles. The number of nitrogens with zero attached hydrogens (tertiary/aromatic N) is 1. The molecule has 0 heterocycles. The van der Waals surface area contributed by atoms with Gasteiger partial charge >= 0.3 is 0 Å². The third-order valence-corrected chi connectivity index (χ3v) is 5.51. The molecule has 4 nitrogen and oxygen atoms in total. The van der Waals surface area contributed by atoms with Gasteiger partial charge in [0.25, 0.3) is 0 Å². The summed E-state index contributed by atoms with van der Waals surface area (Å²) in [7, 11) is -1.88. The van der Waals surface area contributed by atoms with Crippen molar-refractivity contribution in [1.82, 2.24) is 4.31 Å². The smallest absolute Gasteiger partial charge is 0.245 e. The Balaban J connectivity index is 2.99. The maximum absolute atomic E-state index is 12.4. The number of aryl methyl sites for hydroxylation is 1. The second-order valence-corrected chi connectivity index (χ2v) is 7.13. The van der Waals surface area contributed by atoms with E-state index in [1.54, 1.807) is 43.9 Å². The monoisotopic (exact) mass is 288 g/mol. The highest BCUT2D eigenvalue weighted by Gasteiger charge is 2.24. The molecule has 18 heavy (non-hydrogen) atoms. The van der Waals surface area contributed by atoms with Crippen molar-refractivity contribution in [3.8, 4) is 0 Å². The molecule has 1 aromatic carbocycles. The minimum absolute atomic E-state index is 0.233. The summed E-state index contributed by atoms with van der Waals surface area (Å²) < 4.78 is 26.2. The van der Waals surface area contributed by atoms with Gasteiger partial charge in [0.15, 0.2) is 0 Å². The van der Waals surface area contributed by atoms with Crippen molar-refractivity contribution < 1.29 is 8.42 Å². The van der Waals surface area contributed by atoms with Crippen molar-refractivity contribution in [3.05, 3.63) is 23.8 Å². The topological polar surface area (TPSA) is 63.4 Å². The van der Waals surface area contributed by atoms with Crippen LogP contribution in [-0.2, 0) is 10.0 Å². The molecule has 0 spiro atoms. The Bertz CT molecular complexity index is 481. The lowest BCUT2D eigenvalue weighted by atomic mass is 10.2. The van der Waals surface area contributed by atoms with Crippen LogP contribution in [0.2, 0.25) is 0 Å². The number of nitrogens with two attached hydrogens (primary N) is 1. The summed E-state index contributed by atoms with van der Waals surface area (Å²) >= 11 is 1.71. The molecular formula is C12H20N2O2S2. The number of hydrogen-bond donors (Lipinski definition) is 1. The summed E-state index contributed by atoms with van der Waals surface area (Å²) in [6.45, 7) is 2.27. The van der Waals surface area contributed by atoms with Crippen molar-refractivity contribution in [2.45, 2.75) is 18.2 Å². The molecule has 0 fully saturated rings. The van der Waals surface area contributed by atoms with E-state index in [2.05, 4.69) is 0 Å². The predicted molar refractivity (Wildman–Crippen MR) is 78.4 cm³/mol. The zero-order valence-corrected chi connectivity index (χ0v) is 12.6. The maximum atomic E-state index is 12.4. The standard InChI is InChI=1S/C12H20N2O2S2/c1-10-6-4-7-11(13)12(10)18(15,16)14(2)8-5-9-17-3/h4,6-7H,5,8-9,13H2,1-3H3. The van der Waals surface area contributed by atoms with Crippen LogP contribution in [0.3, 0.4) is 0 Å². The van der Waals surface area contributed by atoms with Crippen molar-refractivity contribution in [1.29, 1.82) is 0 Å². The molecule has 2 N–H and O–H groups in total. The van der Waals surface area contributed by atoms with E-state index in [1.807, 2.05) is 6.26 Å². The average Bonchev–Trinajstić information content (AvgIpc) is 2.28. The van der Waals surface area contributed by atoms with Gasteiger partial charge in [-0.2, -0.15) is 11.8 Å². The summed E-state index contributed by atoms with van der Waals surface area (Å²) in [4.78, 5) is 0.233. The molecule has 1 rings (SSSR count). The van der Waals surface area contributed by atoms with Crippen LogP contribution >= 0.6 is 11.8 Å². The van der Waals surface area contributed by atoms with Crippen LogP contribution in [0.15, 0.2) is 23.1 Å². The molecule has 0 radical (unpaired) electrons. The van der Waals surface area contributed by atoms with Gasteiger partial charge in [0, 0.05) is 13.6 Å². The lowest BCUT2D eigenvalue weighted by Crippen LogP contribution is -2.29. The average molecular weight is 288 g/mol. The molecule has 1 aromatic rings. The number of rotatable bonds is 6. The Morgan fingerprint density at radius 1 is 1.39 bits per heavy atom. The first kappa shape index (κ1) is 15.3. The summed E-state index contributed by atoms with van der Waals surface area (Å²) in [5.41, 5.74) is 6.79. The Hall–Kier alpha value is -0.720. The highest BCUT2D eigenvalue weighted by atomic mass is 32.2. The second-order valence-electron chi connectivity index (χ2n) is 4.17. The lowest BCUT2D eigenvalue weighted by Gasteiger charge is -2.19. The molecule has 0 aliphatic heterocycles. The Labute approximate surface area is 114 Å². The van der Waals surface area contributed by atoms with Crippen LogP contribution < -0.4 is 5.73 Å². The van der Waals surface area contributed by atoms with Gasteiger partial charge in [0.2, 0.25) is 10.0 Å². The summed E-state index contributed by atoms with van der Waals surface area (Å²) in [5, 5.41) is 0. The van der Waals surface area contributed by atoms with E-state index < -0.39 is 10.0 Å². The van der Waals surface area contributed by atoms with Gasteiger partial charge in [-0.1, -0.05) is 12.1 Å². The van der Waals surface area contributed by atoms with E-state index >= 15 is 0 Å². The van der Waals surface area contributed by atoms with E-state index in [1.165, 1.54) is 4.31 Å². The third kappa shape index (κ3) is 3.40. The SMILES string of the molecule is CSCCCN(C)S(=O)(=O)c1c(C)cccc1N. The van der Waals surface area contributed by atoms with E-state index in [0.29, 0.717) is 17.8 Å². The van der Waals surface area contributed by atoms with Crippen molar-refractivity contribution in [3.63, 3.8) is 0 Å². The molecule has 0 saturated heterocycles. The second kappa shape index (κ2) is 6.45. The van der Waals surface area contributed by atoms with Crippen LogP contribution in [0.25, 0.3) is 0 Å². The van der Waals surface area contributed by atoms with Crippen molar-refractivity contribution >= 4 is 27.5 Å². The normalized spacial score (nSPS) is 12.0. The van der Waals surface area contributed by atoms with Crippen LogP contribution in [0.1, 0.15) is 12.0 Å². The van der Waals surface area contributed by atoms with Gasteiger partial charge in [0.1, 0.15) is 4.90 Å². The first-order chi connectivity index (χ1) is 8.41. The van der Waals surface area contributed by atoms with Crippen molar-refractivity contribution in [2.75, 3.05) is 31.3 Å². The largest absolute Gasteiger partial charge is 0.398 e. The van der Waals surface area contributed by atoms with Gasteiger partial charge in [-0.3, -0.25) is 0 Å². The van der Waals surface area contributed by atoms with Gasteiger partial charge in [-0.25, -0.2) is 12.7 Å². The molecule has 0 aromatic heterocycles. The molecule has 0 aliphatic carbocycles. The fourth-order valence-corrected chi connectivity index (χ4v) is 3.67. The zero-order chi connectivity index (χ0) is 13.8. The molecule has 0 atom stereocenters. The number of nitrogen functional groups attached to an aromatic ring is 1. The fraction of sp³-hybridized carbons (Fsp3) is 0.500. The molecule has 6 heteroatoms. The van der Waals surface area contributed by atoms with E-state index in [-0.39, 0.29) is 4.90 Å². The van der Waals surface area contributed by atoms with Gasteiger partial charge in [0.05, 0.1) is 5.69 Å². The van der Waals surface area contributed by atoms with Crippen LogP contribution in [0.5, 0.6) is 0 Å². The molecule has 0 bridgehead atoms.